The number of rotatable bonds is 4. The molecule has 3 aromatic rings. The first kappa shape index (κ1) is 18.7. The number of para-hydroxylation sites is 3. The minimum Gasteiger partial charge on any atom is -0.346 e. The molecule has 0 unspecified atom stereocenters. The molecular weight excluding hydrogens is 370 g/mol. The van der Waals surface area contributed by atoms with Crippen molar-refractivity contribution in [2.75, 3.05) is 5.32 Å². The quantitative estimate of drug-likeness (QED) is 0.632. The van der Waals surface area contributed by atoms with E-state index in [4.69, 9.17) is 0 Å². The summed E-state index contributed by atoms with van der Waals surface area (Å²) in [4.78, 5) is 42.0. The molecule has 0 spiro atoms. The zero-order valence-electron chi connectivity index (χ0n) is 16.1. The van der Waals surface area contributed by atoms with Gasteiger partial charge in [-0.15, -0.1) is 0 Å². The molecule has 1 aromatic heterocycles. The summed E-state index contributed by atoms with van der Waals surface area (Å²) in [6.45, 7) is 1.83. The maximum Gasteiger partial charge on any atom is 0.254 e. The number of nitrogens with one attached hydrogen (secondary N) is 3. The molecule has 2 heterocycles. The number of benzene rings is 2. The highest BCUT2D eigenvalue weighted by molar-refractivity contribution is 6.10. The van der Waals surface area contributed by atoms with Crippen molar-refractivity contribution in [3.63, 3.8) is 0 Å². The van der Waals surface area contributed by atoms with E-state index in [1.165, 1.54) is 0 Å². The molecule has 0 bridgehead atoms. The highest BCUT2D eigenvalue weighted by atomic mass is 16.2. The third-order valence-electron chi connectivity index (χ3n) is 5.03. The van der Waals surface area contributed by atoms with E-state index in [1.54, 1.807) is 24.3 Å². The van der Waals surface area contributed by atoms with Gasteiger partial charge in [0.25, 0.3) is 5.91 Å². The van der Waals surface area contributed by atoms with Crippen molar-refractivity contribution in [1.29, 1.82) is 0 Å². The van der Waals surface area contributed by atoms with Gasteiger partial charge in [-0.1, -0.05) is 24.3 Å². The van der Waals surface area contributed by atoms with Crippen molar-refractivity contribution in [3.8, 4) is 0 Å². The average molecular weight is 391 g/mol. The van der Waals surface area contributed by atoms with Gasteiger partial charge >= 0.3 is 0 Å². The molecule has 4 rings (SSSR count). The Morgan fingerprint density at radius 1 is 1.17 bits per heavy atom. The van der Waals surface area contributed by atoms with Crippen molar-refractivity contribution < 1.29 is 14.4 Å². The lowest BCUT2D eigenvalue weighted by Gasteiger charge is -2.17. The van der Waals surface area contributed by atoms with E-state index < -0.39 is 11.9 Å². The first-order valence-corrected chi connectivity index (χ1v) is 9.35. The van der Waals surface area contributed by atoms with Crippen molar-refractivity contribution in [2.24, 2.45) is 7.05 Å². The summed E-state index contributed by atoms with van der Waals surface area (Å²) < 4.78 is 1.93. The second-order valence-corrected chi connectivity index (χ2v) is 7.07. The van der Waals surface area contributed by atoms with Gasteiger partial charge in [0.1, 0.15) is 11.9 Å². The third-order valence-corrected chi connectivity index (χ3v) is 5.03. The summed E-state index contributed by atoms with van der Waals surface area (Å²) in [5, 5.41) is 8.20. The summed E-state index contributed by atoms with van der Waals surface area (Å²) >= 11 is 0. The van der Waals surface area contributed by atoms with Crippen LogP contribution in [0, 0.1) is 0 Å². The van der Waals surface area contributed by atoms with Gasteiger partial charge in [-0.05, 0) is 31.2 Å². The molecular formula is C21H21N5O3. The molecule has 8 nitrogen and oxygen atoms in total. The molecule has 29 heavy (non-hydrogen) atoms. The molecule has 1 aliphatic rings. The van der Waals surface area contributed by atoms with Crippen molar-refractivity contribution in [3.05, 3.63) is 59.9 Å². The van der Waals surface area contributed by atoms with Gasteiger partial charge in [0, 0.05) is 7.05 Å². The van der Waals surface area contributed by atoms with E-state index in [1.807, 2.05) is 42.8 Å². The molecule has 2 aromatic carbocycles. The fraction of sp³-hybridized carbons (Fsp3) is 0.238. The number of fused-ring (bicyclic) bond motifs is 2. The van der Waals surface area contributed by atoms with Crippen LogP contribution in [0.25, 0.3) is 11.0 Å². The van der Waals surface area contributed by atoms with Gasteiger partial charge < -0.3 is 20.5 Å². The number of anilines is 1. The van der Waals surface area contributed by atoms with Crippen LogP contribution in [0.4, 0.5) is 5.69 Å². The maximum absolute atomic E-state index is 12.6. The normalized spacial score (nSPS) is 17.1. The Morgan fingerprint density at radius 3 is 2.69 bits per heavy atom. The van der Waals surface area contributed by atoms with Gasteiger partial charge in [-0.25, -0.2) is 4.98 Å². The van der Waals surface area contributed by atoms with Gasteiger partial charge in [-0.3, -0.25) is 14.4 Å². The summed E-state index contributed by atoms with van der Waals surface area (Å²) in [5.41, 5.74) is 2.62. The number of carbonyl (C=O) groups is 3. The SMILES string of the molecule is C[C@@H](NC(=O)C[C@H]1NC(=O)c2ccccc2NC1=O)c1nc2ccccc2n1C. The van der Waals surface area contributed by atoms with Crippen molar-refractivity contribution >= 4 is 34.4 Å². The van der Waals surface area contributed by atoms with E-state index in [2.05, 4.69) is 20.9 Å². The molecule has 2 atom stereocenters. The van der Waals surface area contributed by atoms with Crippen LogP contribution in [0.1, 0.15) is 35.6 Å². The van der Waals surface area contributed by atoms with Crippen LogP contribution in [0.5, 0.6) is 0 Å². The molecule has 0 aliphatic carbocycles. The predicted molar refractivity (Wildman–Crippen MR) is 108 cm³/mol. The molecule has 0 saturated heterocycles. The number of imidazole rings is 1. The Labute approximate surface area is 167 Å². The average Bonchev–Trinajstić information content (AvgIpc) is 2.98. The van der Waals surface area contributed by atoms with E-state index in [9.17, 15) is 14.4 Å². The highest BCUT2D eigenvalue weighted by Crippen LogP contribution is 2.21. The van der Waals surface area contributed by atoms with Crippen LogP contribution in [0.3, 0.4) is 0 Å². The van der Waals surface area contributed by atoms with Gasteiger partial charge in [0.2, 0.25) is 11.8 Å². The molecule has 0 fully saturated rings. The van der Waals surface area contributed by atoms with Crippen LogP contribution in [-0.4, -0.2) is 33.3 Å². The number of carbonyl (C=O) groups excluding carboxylic acids is 3. The Balaban J connectivity index is 1.46. The molecule has 1 aliphatic heterocycles. The van der Waals surface area contributed by atoms with Gasteiger partial charge in [0.15, 0.2) is 0 Å². The van der Waals surface area contributed by atoms with Gasteiger partial charge in [-0.2, -0.15) is 0 Å². The van der Waals surface area contributed by atoms with Crippen molar-refractivity contribution in [2.45, 2.75) is 25.4 Å². The van der Waals surface area contributed by atoms with Crippen LogP contribution < -0.4 is 16.0 Å². The summed E-state index contributed by atoms with van der Waals surface area (Å²) in [7, 11) is 1.89. The first-order valence-electron chi connectivity index (χ1n) is 9.35. The molecule has 0 saturated carbocycles. The standard InChI is InChI=1S/C21H21N5O3/c1-12(19-23-15-9-5-6-10-17(15)26(19)2)22-18(27)11-16-21(29)24-14-8-4-3-7-13(14)20(28)25-16/h3-10,12,16H,11H2,1-2H3,(H,22,27)(H,24,29)(H,25,28)/t12-,16-/m1/s1. The molecule has 3 amide bonds. The van der Waals surface area contributed by atoms with Crippen molar-refractivity contribution in [1.82, 2.24) is 20.2 Å². The summed E-state index contributed by atoms with van der Waals surface area (Å²) in [6, 6.07) is 13.1. The van der Waals surface area contributed by atoms with Crippen LogP contribution in [-0.2, 0) is 16.6 Å². The number of hydrogen-bond acceptors (Lipinski definition) is 4. The minimum absolute atomic E-state index is 0.167. The Kier molecular flexibility index (Phi) is 4.75. The highest BCUT2D eigenvalue weighted by Gasteiger charge is 2.30. The van der Waals surface area contributed by atoms with Crippen LogP contribution in [0.15, 0.2) is 48.5 Å². The lowest BCUT2D eigenvalue weighted by Crippen LogP contribution is -2.45. The Morgan fingerprint density at radius 2 is 1.90 bits per heavy atom. The molecule has 3 N–H and O–H groups in total. The lowest BCUT2D eigenvalue weighted by atomic mass is 10.1. The summed E-state index contributed by atoms with van der Waals surface area (Å²) in [5.74, 6) is -0.453. The fourth-order valence-corrected chi connectivity index (χ4v) is 3.56. The topological polar surface area (TPSA) is 105 Å². The molecule has 148 valence electrons. The smallest absolute Gasteiger partial charge is 0.254 e. The summed E-state index contributed by atoms with van der Waals surface area (Å²) in [6.07, 6.45) is -0.167. The molecule has 0 radical (unpaired) electrons. The predicted octanol–water partition coefficient (Wildman–Crippen LogP) is 1.89. The van der Waals surface area contributed by atoms with E-state index in [-0.39, 0.29) is 24.3 Å². The second-order valence-electron chi connectivity index (χ2n) is 7.07. The Hall–Kier alpha value is -3.68. The number of nitrogens with zero attached hydrogens (tertiary/aromatic N) is 2. The third kappa shape index (κ3) is 3.56. The number of aromatic nitrogens is 2. The Bertz CT molecular complexity index is 1120. The van der Waals surface area contributed by atoms with Gasteiger partial charge in [0.05, 0.1) is 34.7 Å². The largest absolute Gasteiger partial charge is 0.346 e. The first-order chi connectivity index (χ1) is 13.9. The molecule has 8 heteroatoms. The minimum atomic E-state index is -0.956. The zero-order chi connectivity index (χ0) is 20.5. The maximum atomic E-state index is 12.6. The second kappa shape index (κ2) is 7.38. The number of aryl methyl sites for hydroxylation is 1. The van der Waals surface area contributed by atoms with E-state index in [0.29, 0.717) is 17.1 Å². The lowest BCUT2D eigenvalue weighted by molar-refractivity contribution is -0.126. The number of amides is 3. The van der Waals surface area contributed by atoms with Crippen LogP contribution >= 0.6 is 0 Å². The van der Waals surface area contributed by atoms with Crippen LogP contribution in [0.2, 0.25) is 0 Å². The monoisotopic (exact) mass is 391 g/mol. The fourth-order valence-electron chi connectivity index (χ4n) is 3.56. The van der Waals surface area contributed by atoms with E-state index >= 15 is 0 Å². The zero-order valence-corrected chi connectivity index (χ0v) is 16.1. The van der Waals surface area contributed by atoms with E-state index in [0.717, 1.165) is 11.0 Å². The number of hydrogen-bond donors (Lipinski definition) is 3.